The Labute approximate surface area is 106 Å². The first-order chi connectivity index (χ1) is 8.24. The minimum atomic E-state index is -0.359. The molecule has 0 amide bonds. The lowest BCUT2D eigenvalue weighted by atomic mass is 10.1. The van der Waals surface area contributed by atoms with Crippen LogP contribution in [-0.4, -0.2) is 22.2 Å². The molecule has 1 aliphatic carbocycles. The van der Waals surface area contributed by atoms with Crippen molar-refractivity contribution in [2.24, 2.45) is 0 Å². The molecule has 0 spiro atoms. The second-order valence-electron chi connectivity index (χ2n) is 4.73. The summed E-state index contributed by atoms with van der Waals surface area (Å²) >= 11 is 1.87. The van der Waals surface area contributed by atoms with Crippen LogP contribution in [0, 0.1) is 5.82 Å². The third-order valence-electron chi connectivity index (χ3n) is 3.19. The fourth-order valence-corrected chi connectivity index (χ4v) is 3.58. The van der Waals surface area contributed by atoms with Gasteiger partial charge in [-0.05, 0) is 37.0 Å². The Morgan fingerprint density at radius 2 is 2.12 bits per heavy atom. The van der Waals surface area contributed by atoms with Gasteiger partial charge in [0.25, 0.3) is 0 Å². The van der Waals surface area contributed by atoms with E-state index in [4.69, 9.17) is 0 Å². The predicted octanol–water partition coefficient (Wildman–Crippen LogP) is 3.40. The molecule has 1 aliphatic rings. The highest BCUT2D eigenvalue weighted by atomic mass is 32.2. The lowest BCUT2D eigenvalue weighted by Gasteiger charge is -2.13. The summed E-state index contributed by atoms with van der Waals surface area (Å²) in [5.74, 6) is 0.541. The van der Waals surface area contributed by atoms with E-state index in [-0.39, 0.29) is 11.9 Å². The van der Waals surface area contributed by atoms with Crippen LogP contribution >= 0.6 is 11.8 Å². The van der Waals surface area contributed by atoms with E-state index in [2.05, 4.69) is 0 Å². The number of benzene rings is 1. The standard InChI is InChI=1S/C14H19FOS/c15-12-5-3-4-11(8-12)9-13(16)10-17-14-6-1-2-7-14/h3-5,8,13-14,16H,1-2,6-7,9-10H2. The Morgan fingerprint density at radius 3 is 2.82 bits per heavy atom. The van der Waals surface area contributed by atoms with E-state index < -0.39 is 0 Å². The van der Waals surface area contributed by atoms with Crippen LogP contribution < -0.4 is 0 Å². The molecule has 0 heterocycles. The topological polar surface area (TPSA) is 20.2 Å². The molecule has 1 saturated carbocycles. The maximum atomic E-state index is 13.0. The van der Waals surface area contributed by atoms with Gasteiger partial charge in [0, 0.05) is 11.0 Å². The first kappa shape index (κ1) is 12.9. The molecule has 2 rings (SSSR count). The molecule has 1 atom stereocenters. The van der Waals surface area contributed by atoms with Crippen LogP contribution in [0.4, 0.5) is 4.39 Å². The van der Waals surface area contributed by atoms with E-state index >= 15 is 0 Å². The lowest BCUT2D eigenvalue weighted by molar-refractivity contribution is 0.200. The van der Waals surface area contributed by atoms with Crippen molar-refractivity contribution in [3.05, 3.63) is 35.6 Å². The Bertz CT molecular complexity index is 350. The SMILES string of the molecule is OC(CSC1CCCC1)Cc1cccc(F)c1. The van der Waals surface area contributed by atoms with E-state index in [1.54, 1.807) is 6.07 Å². The van der Waals surface area contributed by atoms with E-state index in [0.717, 1.165) is 16.6 Å². The zero-order valence-corrected chi connectivity index (χ0v) is 10.8. The van der Waals surface area contributed by atoms with Crippen LogP contribution in [0.2, 0.25) is 0 Å². The van der Waals surface area contributed by atoms with Gasteiger partial charge < -0.3 is 5.11 Å². The summed E-state index contributed by atoms with van der Waals surface area (Å²) in [4.78, 5) is 0. The monoisotopic (exact) mass is 254 g/mol. The third kappa shape index (κ3) is 4.32. The number of halogens is 1. The largest absolute Gasteiger partial charge is 0.392 e. The highest BCUT2D eigenvalue weighted by molar-refractivity contribution is 7.99. The highest BCUT2D eigenvalue weighted by Crippen LogP contribution is 2.29. The molecule has 0 aromatic heterocycles. The normalized spacial score (nSPS) is 18.5. The van der Waals surface area contributed by atoms with Crippen LogP contribution in [0.3, 0.4) is 0 Å². The molecule has 1 fully saturated rings. The molecule has 17 heavy (non-hydrogen) atoms. The zero-order valence-electron chi connectivity index (χ0n) is 9.94. The number of thioether (sulfide) groups is 1. The molecule has 1 N–H and O–H groups in total. The Hall–Kier alpha value is -0.540. The smallest absolute Gasteiger partial charge is 0.123 e. The van der Waals surface area contributed by atoms with Crippen LogP contribution in [0.1, 0.15) is 31.2 Å². The van der Waals surface area contributed by atoms with Crippen LogP contribution in [-0.2, 0) is 6.42 Å². The van der Waals surface area contributed by atoms with Gasteiger partial charge in [0.15, 0.2) is 0 Å². The fourth-order valence-electron chi connectivity index (χ4n) is 2.30. The summed E-state index contributed by atoms with van der Waals surface area (Å²) in [5, 5.41) is 10.6. The number of hydrogen-bond acceptors (Lipinski definition) is 2. The maximum absolute atomic E-state index is 13.0. The van der Waals surface area contributed by atoms with Crippen LogP contribution in [0.25, 0.3) is 0 Å². The Kier molecular flexibility index (Phi) is 4.86. The Balaban J connectivity index is 1.74. The van der Waals surface area contributed by atoms with Gasteiger partial charge in [0.05, 0.1) is 6.10 Å². The van der Waals surface area contributed by atoms with Crippen molar-refractivity contribution >= 4 is 11.8 Å². The second kappa shape index (κ2) is 6.41. The second-order valence-corrected chi connectivity index (χ2v) is 6.06. The van der Waals surface area contributed by atoms with Gasteiger partial charge in [0.1, 0.15) is 5.82 Å². The van der Waals surface area contributed by atoms with Gasteiger partial charge in [-0.25, -0.2) is 4.39 Å². The quantitative estimate of drug-likeness (QED) is 0.869. The summed E-state index contributed by atoms with van der Waals surface area (Å²) in [5.41, 5.74) is 0.879. The minimum Gasteiger partial charge on any atom is -0.392 e. The number of aliphatic hydroxyl groups is 1. The molecule has 0 aliphatic heterocycles. The summed E-state index contributed by atoms with van der Waals surface area (Å²) in [6.07, 6.45) is 5.43. The van der Waals surface area contributed by atoms with Crippen molar-refractivity contribution < 1.29 is 9.50 Å². The van der Waals surface area contributed by atoms with Crippen LogP contribution in [0.5, 0.6) is 0 Å². The molecule has 1 nitrogen and oxygen atoms in total. The van der Waals surface area contributed by atoms with Crippen molar-refractivity contribution in [2.75, 3.05) is 5.75 Å². The first-order valence-electron chi connectivity index (χ1n) is 6.28. The van der Waals surface area contributed by atoms with E-state index in [0.29, 0.717) is 6.42 Å². The predicted molar refractivity (Wildman–Crippen MR) is 70.8 cm³/mol. The molecule has 94 valence electrons. The average Bonchev–Trinajstić information content (AvgIpc) is 2.79. The molecule has 1 aromatic carbocycles. The van der Waals surface area contributed by atoms with E-state index in [1.807, 2.05) is 17.8 Å². The Morgan fingerprint density at radius 1 is 1.35 bits per heavy atom. The summed E-state index contributed by atoms with van der Waals surface area (Å²) < 4.78 is 13.0. The van der Waals surface area contributed by atoms with Crippen molar-refractivity contribution in [3.8, 4) is 0 Å². The minimum absolute atomic E-state index is 0.224. The molecular weight excluding hydrogens is 235 g/mol. The van der Waals surface area contributed by atoms with Gasteiger partial charge in [0.2, 0.25) is 0 Å². The number of aliphatic hydroxyl groups excluding tert-OH is 1. The van der Waals surface area contributed by atoms with Crippen molar-refractivity contribution in [1.29, 1.82) is 0 Å². The van der Waals surface area contributed by atoms with Gasteiger partial charge in [-0.3, -0.25) is 0 Å². The fraction of sp³-hybridized carbons (Fsp3) is 0.571. The van der Waals surface area contributed by atoms with Crippen molar-refractivity contribution in [2.45, 2.75) is 43.5 Å². The lowest BCUT2D eigenvalue weighted by Crippen LogP contribution is -2.15. The molecule has 1 aromatic rings. The highest BCUT2D eigenvalue weighted by Gasteiger charge is 2.17. The zero-order chi connectivity index (χ0) is 12.1. The van der Waals surface area contributed by atoms with E-state index in [1.165, 1.54) is 37.8 Å². The van der Waals surface area contributed by atoms with Gasteiger partial charge in [-0.15, -0.1) is 0 Å². The van der Waals surface area contributed by atoms with Gasteiger partial charge in [-0.2, -0.15) is 11.8 Å². The third-order valence-corrected chi connectivity index (χ3v) is 4.71. The van der Waals surface area contributed by atoms with Crippen LogP contribution in [0.15, 0.2) is 24.3 Å². The van der Waals surface area contributed by atoms with Crippen molar-refractivity contribution in [1.82, 2.24) is 0 Å². The maximum Gasteiger partial charge on any atom is 0.123 e. The van der Waals surface area contributed by atoms with E-state index in [9.17, 15) is 9.50 Å². The summed E-state index contributed by atoms with van der Waals surface area (Å²) in [7, 11) is 0. The van der Waals surface area contributed by atoms with Crippen molar-refractivity contribution in [3.63, 3.8) is 0 Å². The molecule has 0 bridgehead atoms. The molecule has 1 unspecified atom stereocenters. The average molecular weight is 254 g/mol. The van der Waals surface area contributed by atoms with Gasteiger partial charge in [-0.1, -0.05) is 25.0 Å². The summed E-state index contributed by atoms with van der Waals surface area (Å²) in [6.45, 7) is 0. The number of hydrogen-bond donors (Lipinski definition) is 1. The molecule has 3 heteroatoms. The summed E-state index contributed by atoms with van der Waals surface area (Å²) in [6, 6.07) is 6.50. The number of rotatable bonds is 5. The van der Waals surface area contributed by atoms with Gasteiger partial charge >= 0.3 is 0 Å². The molecule has 0 saturated heterocycles. The molecular formula is C14H19FOS. The first-order valence-corrected chi connectivity index (χ1v) is 7.33. The molecule has 0 radical (unpaired) electrons.